The molecule has 0 aromatic heterocycles. The summed E-state index contributed by atoms with van der Waals surface area (Å²) in [4.78, 5) is 11.8. The van der Waals surface area contributed by atoms with Gasteiger partial charge in [-0.2, -0.15) is 0 Å². The first-order chi connectivity index (χ1) is 11.5. The summed E-state index contributed by atoms with van der Waals surface area (Å²) in [7, 11) is 3.12. The van der Waals surface area contributed by atoms with Gasteiger partial charge in [0.15, 0.2) is 11.5 Å². The average Bonchev–Trinajstić information content (AvgIpc) is 2.59. The molecule has 0 radical (unpaired) electrons. The Bertz CT molecular complexity index is 736. The van der Waals surface area contributed by atoms with E-state index in [-0.39, 0.29) is 12.4 Å². The van der Waals surface area contributed by atoms with Crippen molar-refractivity contribution in [2.45, 2.75) is 13.5 Å². The van der Waals surface area contributed by atoms with Gasteiger partial charge in [-0.1, -0.05) is 12.1 Å². The van der Waals surface area contributed by atoms with Crippen LogP contribution in [-0.4, -0.2) is 20.2 Å². The summed E-state index contributed by atoms with van der Waals surface area (Å²) in [5, 5.41) is 0. The second-order valence-electron chi connectivity index (χ2n) is 5.13. The van der Waals surface area contributed by atoms with E-state index in [1.54, 1.807) is 38.5 Å². The summed E-state index contributed by atoms with van der Waals surface area (Å²) in [5.41, 5.74) is 2.48. The molecule has 0 atom stereocenters. The van der Waals surface area contributed by atoms with Gasteiger partial charge in [0, 0.05) is 6.08 Å². The third kappa shape index (κ3) is 4.59. The van der Waals surface area contributed by atoms with Crippen LogP contribution in [0.4, 0.5) is 4.39 Å². The fraction of sp³-hybridized carbons (Fsp3) is 0.211. The Hall–Kier alpha value is -2.82. The first-order valence-corrected chi connectivity index (χ1v) is 7.35. The molecule has 4 nitrogen and oxygen atoms in total. The number of methoxy groups -OCH3 is 2. The van der Waals surface area contributed by atoms with E-state index in [0.29, 0.717) is 11.5 Å². The van der Waals surface area contributed by atoms with Crippen LogP contribution in [0.5, 0.6) is 11.5 Å². The minimum absolute atomic E-state index is 0.124. The molecule has 0 unspecified atom stereocenters. The standard InChI is InChI=1S/C19H19FO4/c1-13-10-17(22-2)18(23-3)11-15(13)12-24-19(21)9-6-14-4-7-16(20)8-5-14/h4-11H,12H2,1-3H3/b9-6+. The molecule has 0 fully saturated rings. The van der Waals surface area contributed by atoms with Gasteiger partial charge in [-0.05, 0) is 54.0 Å². The van der Waals surface area contributed by atoms with Crippen molar-refractivity contribution in [3.05, 3.63) is 65.0 Å². The number of rotatable bonds is 6. The van der Waals surface area contributed by atoms with Crippen molar-refractivity contribution in [3.63, 3.8) is 0 Å². The molecule has 0 heterocycles. The molecule has 0 bridgehead atoms. The molecule has 0 aliphatic heterocycles. The summed E-state index contributed by atoms with van der Waals surface area (Å²) >= 11 is 0. The third-order valence-corrected chi connectivity index (χ3v) is 3.49. The minimum atomic E-state index is -0.478. The van der Waals surface area contributed by atoms with Crippen molar-refractivity contribution >= 4 is 12.0 Å². The zero-order valence-corrected chi connectivity index (χ0v) is 13.8. The Morgan fingerprint density at radius 2 is 1.71 bits per heavy atom. The van der Waals surface area contributed by atoms with E-state index in [2.05, 4.69) is 0 Å². The number of carbonyl (C=O) groups is 1. The number of benzene rings is 2. The van der Waals surface area contributed by atoms with Crippen LogP contribution in [0.2, 0.25) is 0 Å². The van der Waals surface area contributed by atoms with Crippen LogP contribution < -0.4 is 9.47 Å². The van der Waals surface area contributed by atoms with Crippen LogP contribution in [0.25, 0.3) is 6.08 Å². The lowest BCUT2D eigenvalue weighted by molar-refractivity contribution is -0.138. The molecule has 24 heavy (non-hydrogen) atoms. The Kier molecular flexibility index (Phi) is 5.95. The zero-order valence-electron chi connectivity index (χ0n) is 13.8. The minimum Gasteiger partial charge on any atom is -0.493 e. The van der Waals surface area contributed by atoms with Crippen LogP contribution in [-0.2, 0) is 16.1 Å². The van der Waals surface area contributed by atoms with Crippen molar-refractivity contribution in [1.29, 1.82) is 0 Å². The van der Waals surface area contributed by atoms with Crippen molar-refractivity contribution in [1.82, 2.24) is 0 Å². The summed E-state index contributed by atoms with van der Waals surface area (Å²) < 4.78 is 28.5. The Morgan fingerprint density at radius 3 is 2.33 bits per heavy atom. The lowest BCUT2D eigenvalue weighted by Crippen LogP contribution is -2.03. The maximum Gasteiger partial charge on any atom is 0.331 e. The van der Waals surface area contributed by atoms with Gasteiger partial charge in [0.1, 0.15) is 12.4 Å². The van der Waals surface area contributed by atoms with Gasteiger partial charge < -0.3 is 14.2 Å². The molecule has 126 valence electrons. The van der Waals surface area contributed by atoms with Crippen LogP contribution in [0.1, 0.15) is 16.7 Å². The van der Waals surface area contributed by atoms with Crippen LogP contribution in [0, 0.1) is 12.7 Å². The third-order valence-electron chi connectivity index (χ3n) is 3.49. The fourth-order valence-electron chi connectivity index (χ4n) is 2.11. The number of halogens is 1. The molecule has 0 saturated heterocycles. The van der Waals surface area contributed by atoms with Gasteiger partial charge in [-0.3, -0.25) is 0 Å². The fourth-order valence-corrected chi connectivity index (χ4v) is 2.11. The van der Waals surface area contributed by atoms with Gasteiger partial charge in [-0.15, -0.1) is 0 Å². The first-order valence-electron chi connectivity index (χ1n) is 7.35. The molecule has 2 aromatic carbocycles. The van der Waals surface area contributed by atoms with Crippen LogP contribution >= 0.6 is 0 Å². The Labute approximate surface area is 140 Å². The molecule has 2 rings (SSSR count). The molecule has 0 amide bonds. The maximum absolute atomic E-state index is 12.8. The number of carbonyl (C=O) groups excluding carboxylic acids is 1. The summed E-state index contributed by atoms with van der Waals surface area (Å²) in [5.74, 6) is 0.407. The molecule has 0 spiro atoms. The van der Waals surface area contributed by atoms with Crippen molar-refractivity contribution in [2.75, 3.05) is 14.2 Å². The van der Waals surface area contributed by atoms with Crippen molar-refractivity contribution in [2.24, 2.45) is 0 Å². The first kappa shape index (κ1) is 17.5. The molecule has 0 saturated carbocycles. The SMILES string of the molecule is COc1cc(C)c(COC(=O)/C=C/c2ccc(F)cc2)cc1OC. The largest absolute Gasteiger partial charge is 0.493 e. The van der Waals surface area contributed by atoms with E-state index >= 15 is 0 Å². The second kappa shape index (κ2) is 8.15. The normalized spacial score (nSPS) is 10.7. The van der Waals surface area contributed by atoms with Gasteiger partial charge in [0.05, 0.1) is 14.2 Å². The van der Waals surface area contributed by atoms with Crippen molar-refractivity contribution < 1.29 is 23.4 Å². The van der Waals surface area contributed by atoms with Gasteiger partial charge in [0.2, 0.25) is 0 Å². The number of esters is 1. The highest BCUT2D eigenvalue weighted by atomic mass is 19.1. The van der Waals surface area contributed by atoms with E-state index < -0.39 is 5.97 Å². The molecule has 2 aromatic rings. The lowest BCUT2D eigenvalue weighted by atomic mass is 10.1. The lowest BCUT2D eigenvalue weighted by Gasteiger charge is -2.12. The smallest absolute Gasteiger partial charge is 0.331 e. The number of hydrogen-bond donors (Lipinski definition) is 0. The molecule has 0 aliphatic carbocycles. The van der Waals surface area contributed by atoms with Gasteiger partial charge in [0.25, 0.3) is 0 Å². The van der Waals surface area contributed by atoms with E-state index in [9.17, 15) is 9.18 Å². The molecular formula is C19H19FO4. The van der Waals surface area contributed by atoms with E-state index in [0.717, 1.165) is 16.7 Å². The van der Waals surface area contributed by atoms with E-state index in [1.807, 2.05) is 13.0 Å². The zero-order chi connectivity index (χ0) is 17.5. The number of ether oxygens (including phenoxy) is 3. The monoisotopic (exact) mass is 330 g/mol. The van der Waals surface area contributed by atoms with Crippen LogP contribution in [0.15, 0.2) is 42.5 Å². The highest BCUT2D eigenvalue weighted by Gasteiger charge is 2.09. The van der Waals surface area contributed by atoms with E-state index in [1.165, 1.54) is 18.2 Å². The highest BCUT2D eigenvalue weighted by molar-refractivity contribution is 5.87. The van der Waals surface area contributed by atoms with Crippen LogP contribution in [0.3, 0.4) is 0 Å². The predicted octanol–water partition coefficient (Wildman–Crippen LogP) is 3.91. The topological polar surface area (TPSA) is 44.8 Å². The highest BCUT2D eigenvalue weighted by Crippen LogP contribution is 2.30. The number of hydrogen-bond acceptors (Lipinski definition) is 4. The second-order valence-corrected chi connectivity index (χ2v) is 5.13. The summed E-state index contributed by atoms with van der Waals surface area (Å²) in [6, 6.07) is 9.44. The summed E-state index contributed by atoms with van der Waals surface area (Å²) in [6.45, 7) is 2.03. The molecule has 0 aliphatic rings. The quantitative estimate of drug-likeness (QED) is 0.595. The number of aryl methyl sites for hydroxylation is 1. The molecule has 5 heteroatoms. The average molecular weight is 330 g/mol. The molecular weight excluding hydrogens is 311 g/mol. The van der Waals surface area contributed by atoms with Crippen molar-refractivity contribution in [3.8, 4) is 11.5 Å². The Balaban J connectivity index is 1.99. The predicted molar refractivity (Wildman–Crippen MR) is 89.5 cm³/mol. The Morgan fingerprint density at radius 1 is 1.08 bits per heavy atom. The summed E-state index contributed by atoms with van der Waals surface area (Å²) in [6.07, 6.45) is 2.88. The van der Waals surface area contributed by atoms with Gasteiger partial charge in [-0.25, -0.2) is 9.18 Å². The van der Waals surface area contributed by atoms with Gasteiger partial charge >= 0.3 is 5.97 Å². The van der Waals surface area contributed by atoms with E-state index in [4.69, 9.17) is 14.2 Å². The maximum atomic E-state index is 12.8. The molecule has 0 N–H and O–H groups in total.